The van der Waals surface area contributed by atoms with E-state index >= 15 is 0 Å². The Hall–Kier alpha value is -3.66. The second-order valence-electron chi connectivity index (χ2n) is 9.30. The molecule has 0 amide bonds. The zero-order chi connectivity index (χ0) is 23.7. The first-order chi connectivity index (χ1) is 16.5. The number of aliphatic carboxylic acids is 1. The normalized spacial score (nSPS) is 15.3. The molecular formula is C30H29NO3. The lowest BCUT2D eigenvalue weighted by Crippen LogP contribution is -2.22. The number of carbonyl (C=O) groups excluding carboxylic acids is 1. The Morgan fingerprint density at radius 2 is 1.74 bits per heavy atom. The zero-order valence-corrected chi connectivity index (χ0v) is 19.5. The van der Waals surface area contributed by atoms with Gasteiger partial charge < -0.3 is 5.11 Å². The van der Waals surface area contributed by atoms with E-state index in [1.807, 2.05) is 55.5 Å². The summed E-state index contributed by atoms with van der Waals surface area (Å²) < 4.78 is 1.80. The van der Waals surface area contributed by atoms with Crippen molar-refractivity contribution >= 4 is 22.8 Å². The largest absolute Gasteiger partial charge is 0.481 e. The molecule has 1 heterocycles. The smallest absolute Gasteiger partial charge is 0.311 e. The summed E-state index contributed by atoms with van der Waals surface area (Å²) in [5.41, 5.74) is 6.61. The fraction of sp³-hybridized carbons (Fsp3) is 0.267. The van der Waals surface area contributed by atoms with Crippen LogP contribution in [0.15, 0.2) is 72.8 Å². The molecule has 0 aliphatic heterocycles. The van der Waals surface area contributed by atoms with Gasteiger partial charge in [-0.25, -0.2) is 0 Å². The van der Waals surface area contributed by atoms with Crippen molar-refractivity contribution in [2.45, 2.75) is 51.4 Å². The molecule has 4 nitrogen and oxygen atoms in total. The third kappa shape index (κ3) is 4.05. The number of aromatic nitrogens is 1. The summed E-state index contributed by atoms with van der Waals surface area (Å²) >= 11 is 0. The molecule has 0 radical (unpaired) electrons. The SMILES string of the molecule is Cc1ccc2c(c1)c1c(n2C(=O)c2ccccc2CCCc2ccccc2)CCCC1C(=O)O. The van der Waals surface area contributed by atoms with Crippen LogP contribution < -0.4 is 0 Å². The van der Waals surface area contributed by atoms with E-state index in [0.717, 1.165) is 65.4 Å². The molecule has 5 rings (SSSR count). The first kappa shape index (κ1) is 22.1. The summed E-state index contributed by atoms with van der Waals surface area (Å²) in [6.07, 6.45) is 4.83. The van der Waals surface area contributed by atoms with Crippen molar-refractivity contribution in [3.8, 4) is 0 Å². The van der Waals surface area contributed by atoms with E-state index in [2.05, 4.69) is 24.3 Å². The number of carboxylic acid groups (broad SMARTS) is 1. The molecule has 1 unspecified atom stereocenters. The second-order valence-corrected chi connectivity index (χ2v) is 9.30. The molecule has 1 aliphatic carbocycles. The summed E-state index contributed by atoms with van der Waals surface area (Å²) in [6, 6.07) is 24.3. The number of carbonyl (C=O) groups is 2. The van der Waals surface area contributed by atoms with Crippen LogP contribution in [0, 0.1) is 6.92 Å². The molecule has 0 fully saturated rings. The number of aryl methyl sites for hydroxylation is 3. The van der Waals surface area contributed by atoms with Crippen molar-refractivity contribution in [2.75, 3.05) is 0 Å². The van der Waals surface area contributed by atoms with E-state index < -0.39 is 11.9 Å². The van der Waals surface area contributed by atoms with Gasteiger partial charge in [0.15, 0.2) is 0 Å². The predicted octanol–water partition coefficient (Wildman–Crippen LogP) is 6.32. The Kier molecular flexibility index (Phi) is 6.06. The van der Waals surface area contributed by atoms with Crippen LogP contribution in [0.3, 0.4) is 0 Å². The van der Waals surface area contributed by atoms with E-state index in [4.69, 9.17) is 0 Å². The first-order valence-electron chi connectivity index (χ1n) is 12.1. The number of hydrogen-bond acceptors (Lipinski definition) is 2. The second kappa shape index (κ2) is 9.30. The maximum atomic E-state index is 14.0. The van der Waals surface area contributed by atoms with Crippen LogP contribution >= 0.6 is 0 Å². The highest BCUT2D eigenvalue weighted by Gasteiger charge is 2.33. The standard InChI is InChI=1S/C30H29NO3/c1-20-17-18-26-25(19-20)28-24(30(33)34)15-8-16-27(28)31(26)29(32)23-14-6-5-12-22(23)13-7-11-21-9-3-2-4-10-21/h2-6,9-10,12,14,17-19,24H,7-8,11,13,15-16H2,1H3,(H,33,34). The molecule has 4 aromatic rings. The molecule has 4 heteroatoms. The van der Waals surface area contributed by atoms with E-state index in [-0.39, 0.29) is 5.91 Å². The van der Waals surface area contributed by atoms with E-state index in [1.54, 1.807) is 4.57 Å². The quantitative estimate of drug-likeness (QED) is 0.373. The van der Waals surface area contributed by atoms with Crippen molar-refractivity contribution < 1.29 is 14.7 Å². The highest BCUT2D eigenvalue weighted by molar-refractivity contribution is 6.06. The molecule has 0 saturated heterocycles. The van der Waals surface area contributed by atoms with Gasteiger partial charge in [0.2, 0.25) is 0 Å². The van der Waals surface area contributed by atoms with Gasteiger partial charge in [-0.2, -0.15) is 0 Å². The highest BCUT2D eigenvalue weighted by atomic mass is 16.4. The fourth-order valence-electron chi connectivity index (χ4n) is 5.41. The maximum Gasteiger partial charge on any atom is 0.311 e. The van der Waals surface area contributed by atoms with Crippen molar-refractivity contribution in [2.24, 2.45) is 0 Å². The van der Waals surface area contributed by atoms with Gasteiger partial charge in [0, 0.05) is 16.6 Å². The van der Waals surface area contributed by atoms with Crippen LogP contribution in [0.2, 0.25) is 0 Å². The van der Waals surface area contributed by atoms with Crippen LogP contribution in [-0.4, -0.2) is 21.6 Å². The molecule has 3 aromatic carbocycles. The van der Waals surface area contributed by atoms with Crippen molar-refractivity contribution in [1.82, 2.24) is 4.57 Å². The summed E-state index contributed by atoms with van der Waals surface area (Å²) in [4.78, 5) is 26.1. The predicted molar refractivity (Wildman–Crippen MR) is 135 cm³/mol. The topological polar surface area (TPSA) is 59.3 Å². The van der Waals surface area contributed by atoms with E-state index in [9.17, 15) is 14.7 Å². The molecule has 1 aliphatic rings. The number of nitrogens with zero attached hydrogens (tertiary/aromatic N) is 1. The zero-order valence-electron chi connectivity index (χ0n) is 19.5. The van der Waals surface area contributed by atoms with Crippen molar-refractivity contribution in [1.29, 1.82) is 0 Å². The van der Waals surface area contributed by atoms with Gasteiger partial charge in [-0.3, -0.25) is 14.2 Å². The van der Waals surface area contributed by atoms with Gasteiger partial charge >= 0.3 is 5.97 Å². The minimum Gasteiger partial charge on any atom is -0.481 e. The Bertz CT molecular complexity index is 1370. The maximum absolute atomic E-state index is 14.0. The summed E-state index contributed by atoms with van der Waals surface area (Å²) in [5.74, 6) is -1.44. The van der Waals surface area contributed by atoms with Gasteiger partial charge in [-0.05, 0) is 80.3 Å². The lowest BCUT2D eigenvalue weighted by atomic mass is 9.85. The number of rotatable bonds is 6. The van der Waals surface area contributed by atoms with Crippen LogP contribution in [-0.2, 0) is 24.1 Å². The Balaban J connectivity index is 1.54. The van der Waals surface area contributed by atoms with Gasteiger partial charge in [0.05, 0.1) is 11.4 Å². The van der Waals surface area contributed by atoms with Gasteiger partial charge in [0.1, 0.15) is 0 Å². The Morgan fingerprint density at radius 3 is 2.53 bits per heavy atom. The average molecular weight is 452 g/mol. The Morgan fingerprint density at radius 1 is 0.971 bits per heavy atom. The van der Waals surface area contributed by atoms with E-state index in [0.29, 0.717) is 12.0 Å². The minimum atomic E-state index is -0.810. The third-order valence-corrected chi connectivity index (χ3v) is 7.02. The lowest BCUT2D eigenvalue weighted by molar-refractivity contribution is -0.139. The van der Waals surface area contributed by atoms with Crippen molar-refractivity contribution in [3.63, 3.8) is 0 Å². The molecule has 172 valence electrons. The van der Waals surface area contributed by atoms with Crippen LogP contribution in [0.4, 0.5) is 0 Å². The minimum absolute atomic E-state index is 0.0588. The molecular weight excluding hydrogens is 422 g/mol. The van der Waals surface area contributed by atoms with Gasteiger partial charge in [-0.1, -0.05) is 60.2 Å². The monoisotopic (exact) mass is 451 g/mol. The van der Waals surface area contributed by atoms with Gasteiger partial charge in [-0.15, -0.1) is 0 Å². The first-order valence-corrected chi connectivity index (χ1v) is 12.1. The van der Waals surface area contributed by atoms with Crippen molar-refractivity contribution in [3.05, 3.63) is 106 Å². The lowest BCUT2D eigenvalue weighted by Gasteiger charge is -2.21. The number of fused-ring (bicyclic) bond motifs is 3. The van der Waals surface area contributed by atoms with Crippen LogP contribution in [0.5, 0.6) is 0 Å². The Labute approximate surface area is 199 Å². The number of carboxylic acids is 1. The third-order valence-electron chi connectivity index (χ3n) is 7.02. The average Bonchev–Trinajstić information content (AvgIpc) is 3.18. The molecule has 0 saturated carbocycles. The molecule has 1 N–H and O–H groups in total. The molecule has 34 heavy (non-hydrogen) atoms. The molecule has 0 spiro atoms. The summed E-state index contributed by atoms with van der Waals surface area (Å²) in [5, 5.41) is 10.8. The molecule has 0 bridgehead atoms. The number of benzene rings is 3. The van der Waals surface area contributed by atoms with Gasteiger partial charge in [0.25, 0.3) is 5.91 Å². The van der Waals surface area contributed by atoms with Crippen LogP contribution in [0.25, 0.3) is 10.9 Å². The summed E-state index contributed by atoms with van der Waals surface area (Å²) in [6.45, 7) is 2.01. The fourth-order valence-corrected chi connectivity index (χ4v) is 5.41. The molecule has 1 aromatic heterocycles. The van der Waals surface area contributed by atoms with E-state index in [1.165, 1.54) is 5.56 Å². The van der Waals surface area contributed by atoms with Crippen LogP contribution in [0.1, 0.15) is 63.5 Å². The number of hydrogen-bond donors (Lipinski definition) is 1. The molecule has 1 atom stereocenters. The highest BCUT2D eigenvalue weighted by Crippen LogP contribution is 2.40. The summed E-state index contributed by atoms with van der Waals surface area (Å²) in [7, 11) is 0.